The molecule has 0 aliphatic heterocycles. The summed E-state index contributed by atoms with van der Waals surface area (Å²) < 4.78 is 1.02. The van der Waals surface area contributed by atoms with Gasteiger partial charge in [0.1, 0.15) is 11.8 Å². The number of aromatic nitrogens is 5. The van der Waals surface area contributed by atoms with Crippen molar-refractivity contribution in [3.8, 4) is 0 Å². The molecule has 84 valence electrons. The fraction of sp³-hybridized carbons (Fsp3) is 0.100. The van der Waals surface area contributed by atoms with Gasteiger partial charge in [-0.15, -0.1) is 10.2 Å². The molecule has 17 heavy (non-hydrogen) atoms. The molecule has 0 saturated heterocycles. The molecule has 0 radical (unpaired) electrons. The van der Waals surface area contributed by atoms with Gasteiger partial charge in [0, 0.05) is 7.05 Å². The van der Waals surface area contributed by atoms with Gasteiger partial charge in [-0.2, -0.15) is 0 Å². The quantitative estimate of drug-likeness (QED) is 0.528. The minimum Gasteiger partial charge on any atom is -0.307 e. The number of nitrogens with one attached hydrogen (secondary N) is 1. The van der Waals surface area contributed by atoms with Crippen LogP contribution in [0.3, 0.4) is 0 Å². The molecule has 0 atom stereocenters. The van der Waals surface area contributed by atoms with Crippen molar-refractivity contribution >= 4 is 21.9 Å². The third-order valence-electron chi connectivity index (χ3n) is 2.61. The van der Waals surface area contributed by atoms with Crippen LogP contribution in [0.4, 0.5) is 0 Å². The molecule has 7 nitrogen and oxygen atoms in total. The van der Waals surface area contributed by atoms with Crippen molar-refractivity contribution in [2.45, 2.75) is 0 Å². The fourth-order valence-electron chi connectivity index (χ4n) is 1.69. The van der Waals surface area contributed by atoms with Gasteiger partial charge in [-0.3, -0.25) is 9.36 Å². The van der Waals surface area contributed by atoms with Gasteiger partial charge in [0.15, 0.2) is 0 Å². The zero-order valence-corrected chi connectivity index (χ0v) is 8.84. The van der Waals surface area contributed by atoms with E-state index >= 15 is 0 Å². The molecule has 0 bridgehead atoms. The Morgan fingerprint density at radius 2 is 2.06 bits per heavy atom. The first kappa shape index (κ1) is 9.64. The van der Waals surface area contributed by atoms with Crippen LogP contribution >= 0.6 is 0 Å². The molecule has 0 amide bonds. The zero-order valence-electron chi connectivity index (χ0n) is 8.84. The van der Waals surface area contributed by atoms with Gasteiger partial charge in [0.2, 0.25) is 0 Å². The highest BCUT2D eigenvalue weighted by molar-refractivity contribution is 5.91. The molecule has 2 heterocycles. The Bertz CT molecular complexity index is 849. The summed E-state index contributed by atoms with van der Waals surface area (Å²) in [7, 11) is 1.42. The predicted molar refractivity (Wildman–Crippen MR) is 60.7 cm³/mol. The van der Waals surface area contributed by atoms with E-state index in [1.807, 2.05) is 0 Å². The normalized spacial score (nSPS) is 11.1. The zero-order chi connectivity index (χ0) is 12.0. The summed E-state index contributed by atoms with van der Waals surface area (Å²) in [5, 5.41) is 7.92. The van der Waals surface area contributed by atoms with E-state index in [0.717, 1.165) is 4.57 Å². The van der Waals surface area contributed by atoms with Crippen molar-refractivity contribution in [2.75, 3.05) is 0 Å². The number of rotatable bonds is 0. The van der Waals surface area contributed by atoms with Crippen molar-refractivity contribution in [3.05, 3.63) is 39.3 Å². The van der Waals surface area contributed by atoms with Crippen molar-refractivity contribution < 1.29 is 0 Å². The maximum Gasteiger partial charge on any atom is 0.328 e. The lowest BCUT2D eigenvalue weighted by atomic mass is 10.2. The lowest BCUT2D eigenvalue weighted by Gasteiger charge is -2.01. The van der Waals surface area contributed by atoms with Crippen LogP contribution in [0, 0.1) is 0 Å². The van der Waals surface area contributed by atoms with Crippen molar-refractivity contribution in [2.24, 2.45) is 7.05 Å². The Hall–Kier alpha value is -2.57. The lowest BCUT2D eigenvalue weighted by Crippen LogP contribution is -2.32. The molecule has 1 aromatic carbocycles. The molecule has 0 unspecified atom stereocenters. The van der Waals surface area contributed by atoms with Gasteiger partial charge >= 0.3 is 5.69 Å². The standard InChI is InChI=1S/C10H7N5O2/c1-15-9(16)5-2-7-8(14-12-4-11-7)3-6(5)13-10(15)17/h2-4H,1H3,(H,13,17). The summed E-state index contributed by atoms with van der Waals surface area (Å²) in [6.07, 6.45) is 1.31. The first-order chi connectivity index (χ1) is 8.16. The van der Waals surface area contributed by atoms with Crippen LogP contribution in [0.1, 0.15) is 0 Å². The van der Waals surface area contributed by atoms with Crippen LogP contribution in [-0.2, 0) is 7.05 Å². The fourth-order valence-corrected chi connectivity index (χ4v) is 1.69. The Labute approximate surface area is 93.8 Å². The largest absolute Gasteiger partial charge is 0.328 e. The Morgan fingerprint density at radius 1 is 1.24 bits per heavy atom. The molecule has 3 aromatic rings. The maximum absolute atomic E-state index is 11.9. The Kier molecular flexibility index (Phi) is 1.82. The average molecular weight is 229 g/mol. The molecular formula is C10H7N5O2. The smallest absolute Gasteiger partial charge is 0.307 e. The van der Waals surface area contributed by atoms with Crippen LogP contribution in [-0.4, -0.2) is 24.7 Å². The number of benzene rings is 1. The average Bonchev–Trinajstić information content (AvgIpc) is 2.34. The molecular weight excluding hydrogens is 222 g/mol. The van der Waals surface area contributed by atoms with E-state index in [9.17, 15) is 9.59 Å². The lowest BCUT2D eigenvalue weighted by molar-refractivity contribution is 0.794. The summed E-state index contributed by atoms with van der Waals surface area (Å²) in [5.41, 5.74) is 0.719. The number of hydrogen-bond donors (Lipinski definition) is 1. The van der Waals surface area contributed by atoms with Crippen LogP contribution in [0.15, 0.2) is 28.0 Å². The Morgan fingerprint density at radius 3 is 2.88 bits per heavy atom. The van der Waals surface area contributed by atoms with E-state index in [-0.39, 0.29) is 5.56 Å². The number of aromatic amines is 1. The molecule has 2 aromatic heterocycles. The van der Waals surface area contributed by atoms with Gasteiger partial charge < -0.3 is 4.98 Å². The Balaban J connectivity index is 2.62. The first-order valence-corrected chi connectivity index (χ1v) is 4.87. The molecule has 0 aliphatic carbocycles. The minimum absolute atomic E-state index is 0.357. The number of nitrogens with zero attached hydrogens (tertiary/aromatic N) is 4. The first-order valence-electron chi connectivity index (χ1n) is 4.87. The summed E-state index contributed by atoms with van der Waals surface area (Å²) >= 11 is 0. The van der Waals surface area contributed by atoms with Gasteiger partial charge in [-0.25, -0.2) is 9.78 Å². The van der Waals surface area contributed by atoms with E-state index in [0.29, 0.717) is 21.9 Å². The number of fused-ring (bicyclic) bond motifs is 2. The molecule has 3 rings (SSSR count). The summed E-state index contributed by atoms with van der Waals surface area (Å²) in [5.74, 6) is 0. The van der Waals surface area contributed by atoms with Crippen molar-refractivity contribution in [1.82, 2.24) is 24.7 Å². The van der Waals surface area contributed by atoms with Gasteiger partial charge in [-0.1, -0.05) is 0 Å². The molecule has 0 aliphatic rings. The molecule has 7 heteroatoms. The summed E-state index contributed by atoms with van der Waals surface area (Å²) in [6.45, 7) is 0. The van der Waals surface area contributed by atoms with E-state index in [2.05, 4.69) is 20.2 Å². The summed E-state index contributed by atoms with van der Waals surface area (Å²) in [4.78, 5) is 29.9. The van der Waals surface area contributed by atoms with Crippen LogP contribution in [0.25, 0.3) is 21.9 Å². The molecule has 0 saturated carbocycles. The maximum atomic E-state index is 11.9. The van der Waals surface area contributed by atoms with E-state index < -0.39 is 5.69 Å². The van der Waals surface area contributed by atoms with Gasteiger partial charge in [-0.05, 0) is 12.1 Å². The number of H-pyrrole nitrogens is 1. The van der Waals surface area contributed by atoms with E-state index in [1.165, 1.54) is 13.4 Å². The second-order valence-corrected chi connectivity index (χ2v) is 3.64. The van der Waals surface area contributed by atoms with Crippen LogP contribution < -0.4 is 11.2 Å². The molecule has 0 fully saturated rings. The molecule has 1 N–H and O–H groups in total. The SMILES string of the molecule is Cn1c(=O)[nH]c2cc3nncnc3cc2c1=O. The van der Waals surface area contributed by atoms with E-state index in [1.54, 1.807) is 12.1 Å². The van der Waals surface area contributed by atoms with Crippen LogP contribution in [0.2, 0.25) is 0 Å². The highest BCUT2D eigenvalue weighted by Crippen LogP contribution is 2.13. The predicted octanol–water partition coefficient (Wildman–Crippen LogP) is -0.435. The minimum atomic E-state index is -0.460. The monoisotopic (exact) mass is 229 g/mol. The van der Waals surface area contributed by atoms with Crippen molar-refractivity contribution in [3.63, 3.8) is 0 Å². The van der Waals surface area contributed by atoms with Gasteiger partial charge in [0.25, 0.3) is 5.56 Å². The molecule has 0 spiro atoms. The second kappa shape index (κ2) is 3.21. The topological polar surface area (TPSA) is 93.5 Å². The van der Waals surface area contributed by atoms with Crippen molar-refractivity contribution in [1.29, 1.82) is 0 Å². The third kappa shape index (κ3) is 1.32. The highest BCUT2D eigenvalue weighted by Gasteiger charge is 2.07. The van der Waals surface area contributed by atoms with Gasteiger partial charge in [0.05, 0.1) is 16.4 Å². The second-order valence-electron chi connectivity index (χ2n) is 3.64. The third-order valence-corrected chi connectivity index (χ3v) is 2.61. The summed E-state index contributed by atoms with van der Waals surface area (Å²) in [6, 6.07) is 3.19. The highest BCUT2D eigenvalue weighted by atomic mass is 16.2. The number of hydrogen-bond acceptors (Lipinski definition) is 5. The van der Waals surface area contributed by atoms with E-state index in [4.69, 9.17) is 0 Å². The van der Waals surface area contributed by atoms with Crippen LogP contribution in [0.5, 0.6) is 0 Å².